The molecule has 0 radical (unpaired) electrons. The summed E-state index contributed by atoms with van der Waals surface area (Å²) in [5.74, 6) is 1.00. The van der Waals surface area contributed by atoms with Gasteiger partial charge in [-0.15, -0.1) is 0 Å². The van der Waals surface area contributed by atoms with Crippen LogP contribution in [0.5, 0.6) is 0 Å². The van der Waals surface area contributed by atoms with E-state index in [4.69, 9.17) is 13.9 Å². The monoisotopic (exact) mass is 520 g/mol. The Morgan fingerprint density at radius 2 is 1.47 bits per heavy atom. The molecule has 0 spiro atoms. The Morgan fingerprint density at radius 1 is 0.889 bits per heavy atom. The van der Waals surface area contributed by atoms with Crippen LogP contribution in [0.25, 0.3) is 0 Å². The zero-order chi connectivity index (χ0) is 25.3. The van der Waals surface area contributed by atoms with Crippen LogP contribution in [0, 0.1) is 6.92 Å². The number of hydrogen-bond donors (Lipinski definition) is 1. The number of carbonyl (C=O) groups is 1. The highest BCUT2D eigenvalue weighted by Crippen LogP contribution is 2.50. The summed E-state index contributed by atoms with van der Waals surface area (Å²) < 4.78 is 18.7. The lowest BCUT2D eigenvalue weighted by Gasteiger charge is -2.46. The third-order valence-electron chi connectivity index (χ3n) is 7.53. The minimum atomic E-state index is -2.70. The average molecular weight is 521 g/mol. The lowest BCUT2D eigenvalue weighted by atomic mass is 10.1. The minimum absolute atomic E-state index is 0.0783. The summed E-state index contributed by atoms with van der Waals surface area (Å²) in [5.41, 5.74) is 1.25. The summed E-state index contributed by atoms with van der Waals surface area (Å²) in [4.78, 5) is 13.5. The molecular formula is C30H36O4SSi. The number of ether oxygens (including phenoxy) is 2. The summed E-state index contributed by atoms with van der Waals surface area (Å²) in [6.07, 6.45) is -0.154. The molecule has 4 atom stereocenters. The van der Waals surface area contributed by atoms with Crippen molar-refractivity contribution in [2.75, 3.05) is 12.4 Å². The fourth-order valence-electron chi connectivity index (χ4n) is 5.78. The predicted molar refractivity (Wildman–Crippen MR) is 150 cm³/mol. The molecule has 0 bridgehead atoms. The Balaban J connectivity index is 1.56. The molecule has 2 saturated heterocycles. The zero-order valence-corrected chi connectivity index (χ0v) is 23.4. The molecule has 0 aromatic heterocycles. The molecule has 1 unspecified atom stereocenters. The number of benzene rings is 3. The fourth-order valence-corrected chi connectivity index (χ4v) is 13.4. The molecule has 0 amide bonds. The standard InChI is InChI=1S/C30H36O4SSi/c1-22-15-17-23(18-16-22)35-20-19-26-28(34-29(31)33-26)27(35)21-32-36(30(2,3)4,24-11-7-5-8-12-24)25-13-9-6-10-14-25/h5-18,26-28,35H,19-21H2,1-4H3/t26-,27-,28-/m1/s1. The van der Waals surface area contributed by atoms with Crippen molar-refractivity contribution in [3.05, 3.63) is 90.5 Å². The largest absolute Gasteiger partial charge is 0.509 e. The predicted octanol–water partition coefficient (Wildman–Crippen LogP) is 5.61. The molecule has 2 aliphatic heterocycles. The zero-order valence-electron chi connectivity index (χ0n) is 21.5. The normalized spacial score (nSPS) is 25.1. The molecule has 0 N–H and O–H groups in total. The van der Waals surface area contributed by atoms with Gasteiger partial charge in [0.05, 0.1) is 5.25 Å². The van der Waals surface area contributed by atoms with E-state index in [-0.39, 0.29) is 22.5 Å². The number of hydrogen-bond acceptors (Lipinski definition) is 4. The van der Waals surface area contributed by atoms with Crippen molar-refractivity contribution >= 4 is 35.7 Å². The second-order valence-corrected chi connectivity index (χ2v) is 17.7. The van der Waals surface area contributed by atoms with Crippen LogP contribution in [-0.2, 0) is 13.9 Å². The van der Waals surface area contributed by atoms with Crippen molar-refractivity contribution in [2.24, 2.45) is 0 Å². The van der Waals surface area contributed by atoms with Crippen molar-refractivity contribution in [2.45, 2.75) is 61.5 Å². The first-order valence-corrected chi connectivity index (χ1v) is 16.3. The number of rotatable bonds is 6. The fraction of sp³-hybridized carbons (Fsp3) is 0.367. The van der Waals surface area contributed by atoms with E-state index in [0.717, 1.165) is 12.2 Å². The molecule has 2 heterocycles. The van der Waals surface area contributed by atoms with Gasteiger partial charge in [-0.3, -0.25) is 0 Å². The van der Waals surface area contributed by atoms with Gasteiger partial charge in [0.25, 0.3) is 8.32 Å². The second-order valence-electron chi connectivity index (χ2n) is 10.8. The molecule has 0 saturated carbocycles. The van der Waals surface area contributed by atoms with Crippen LogP contribution in [0.15, 0.2) is 89.8 Å². The van der Waals surface area contributed by atoms with E-state index in [9.17, 15) is 4.79 Å². The summed E-state index contributed by atoms with van der Waals surface area (Å²) in [6, 6.07) is 30.3. The molecule has 6 heteroatoms. The van der Waals surface area contributed by atoms with Crippen molar-refractivity contribution in [1.82, 2.24) is 0 Å². The number of aryl methyl sites for hydroxylation is 1. The maximum atomic E-state index is 12.2. The number of carbonyl (C=O) groups excluding carboxylic acids is 1. The topological polar surface area (TPSA) is 44.8 Å². The first kappa shape index (κ1) is 25.1. The van der Waals surface area contributed by atoms with Crippen LogP contribution >= 0.6 is 10.9 Å². The van der Waals surface area contributed by atoms with Crippen LogP contribution in [0.4, 0.5) is 4.79 Å². The third-order valence-corrected chi connectivity index (χ3v) is 15.5. The summed E-state index contributed by atoms with van der Waals surface area (Å²) in [7, 11) is -3.28. The van der Waals surface area contributed by atoms with E-state index in [0.29, 0.717) is 6.61 Å². The Hall–Kier alpha value is -2.54. The van der Waals surface area contributed by atoms with Gasteiger partial charge in [0.15, 0.2) is 6.10 Å². The molecule has 2 fully saturated rings. The molecule has 2 aliphatic rings. The average Bonchev–Trinajstić information content (AvgIpc) is 3.26. The molecule has 3 aromatic rings. The van der Waals surface area contributed by atoms with Crippen LogP contribution in [0.3, 0.4) is 0 Å². The van der Waals surface area contributed by atoms with Gasteiger partial charge in [0, 0.05) is 6.61 Å². The molecule has 0 aliphatic carbocycles. The number of thiol groups is 1. The van der Waals surface area contributed by atoms with E-state index in [1.165, 1.54) is 20.8 Å². The molecule has 36 heavy (non-hydrogen) atoms. The Kier molecular flexibility index (Phi) is 7.03. The lowest BCUT2D eigenvalue weighted by Crippen LogP contribution is -2.67. The number of fused-ring (bicyclic) bond motifs is 1. The SMILES string of the molecule is Cc1ccc([SH]2CC[C@H]3OC(=O)O[C@H]3[C@H]2CO[Si](c2ccccc2)(c2ccccc2)C(C)(C)C)cc1. The van der Waals surface area contributed by atoms with Gasteiger partial charge in [0.2, 0.25) is 0 Å². The second kappa shape index (κ2) is 10.1. The van der Waals surface area contributed by atoms with Gasteiger partial charge in [-0.25, -0.2) is 15.7 Å². The molecule has 4 nitrogen and oxygen atoms in total. The van der Waals surface area contributed by atoms with Gasteiger partial charge in [-0.05, 0) is 39.4 Å². The Bertz CT molecular complexity index is 1140. The van der Waals surface area contributed by atoms with Crippen LogP contribution < -0.4 is 10.4 Å². The van der Waals surface area contributed by atoms with Gasteiger partial charge < -0.3 is 13.9 Å². The summed E-state index contributed by atoms with van der Waals surface area (Å²) in [6.45, 7) is 9.54. The van der Waals surface area contributed by atoms with E-state index in [1.807, 2.05) is 0 Å². The van der Waals surface area contributed by atoms with E-state index in [2.05, 4.69) is 113 Å². The highest BCUT2D eigenvalue weighted by molar-refractivity contribution is 8.17. The molecule has 3 aromatic carbocycles. The molecular weight excluding hydrogens is 484 g/mol. The van der Waals surface area contributed by atoms with Crippen molar-refractivity contribution < 1.29 is 18.7 Å². The Labute approximate surface area is 218 Å². The maximum absolute atomic E-state index is 12.2. The van der Waals surface area contributed by atoms with Gasteiger partial charge in [-0.1, -0.05) is 111 Å². The van der Waals surface area contributed by atoms with Crippen molar-refractivity contribution in [3.8, 4) is 0 Å². The maximum Gasteiger partial charge on any atom is 0.509 e. The van der Waals surface area contributed by atoms with Crippen LogP contribution in [0.2, 0.25) is 5.04 Å². The lowest BCUT2D eigenvalue weighted by molar-refractivity contribution is 0.112. The molecule has 5 rings (SSSR count). The van der Waals surface area contributed by atoms with Crippen LogP contribution in [0.1, 0.15) is 32.8 Å². The van der Waals surface area contributed by atoms with E-state index >= 15 is 0 Å². The van der Waals surface area contributed by atoms with Gasteiger partial charge in [-0.2, -0.15) is 0 Å². The van der Waals surface area contributed by atoms with Gasteiger partial charge in [0.1, 0.15) is 6.10 Å². The van der Waals surface area contributed by atoms with Gasteiger partial charge >= 0.3 is 6.16 Å². The highest BCUT2D eigenvalue weighted by atomic mass is 32.2. The quantitative estimate of drug-likeness (QED) is 0.261. The molecule has 190 valence electrons. The first-order chi connectivity index (χ1) is 17.3. The summed E-state index contributed by atoms with van der Waals surface area (Å²) >= 11 is 0. The summed E-state index contributed by atoms with van der Waals surface area (Å²) in [5, 5.41) is 2.49. The minimum Gasteiger partial charge on any atom is -0.427 e. The Morgan fingerprint density at radius 3 is 2.03 bits per heavy atom. The van der Waals surface area contributed by atoms with Crippen molar-refractivity contribution in [1.29, 1.82) is 0 Å². The van der Waals surface area contributed by atoms with Crippen molar-refractivity contribution in [3.63, 3.8) is 0 Å². The first-order valence-electron chi connectivity index (χ1n) is 12.8. The van der Waals surface area contributed by atoms with E-state index < -0.39 is 25.4 Å². The third kappa shape index (κ3) is 4.62. The highest BCUT2D eigenvalue weighted by Gasteiger charge is 2.53. The smallest absolute Gasteiger partial charge is 0.427 e. The van der Waals surface area contributed by atoms with E-state index in [1.54, 1.807) is 0 Å². The van der Waals surface area contributed by atoms with Crippen LogP contribution in [-0.4, -0.2) is 44.3 Å².